The van der Waals surface area contributed by atoms with E-state index in [2.05, 4.69) is 27.8 Å². The van der Waals surface area contributed by atoms with E-state index < -0.39 is 0 Å². The maximum absolute atomic E-state index is 11.8. The summed E-state index contributed by atoms with van der Waals surface area (Å²) in [5.41, 5.74) is 2.47. The molecule has 1 aliphatic heterocycles. The van der Waals surface area contributed by atoms with E-state index >= 15 is 0 Å². The fourth-order valence-corrected chi connectivity index (χ4v) is 3.81. The lowest BCUT2D eigenvalue weighted by Crippen LogP contribution is -2.49. The smallest absolute Gasteiger partial charge is 0.219 e. The Morgan fingerprint density at radius 1 is 1.30 bits per heavy atom. The van der Waals surface area contributed by atoms with Gasteiger partial charge in [-0.2, -0.15) is 11.3 Å². The van der Waals surface area contributed by atoms with E-state index in [4.69, 9.17) is 4.74 Å². The van der Waals surface area contributed by atoms with Crippen molar-refractivity contribution >= 4 is 17.2 Å². The van der Waals surface area contributed by atoms with E-state index in [9.17, 15) is 4.79 Å². The highest BCUT2D eigenvalue weighted by Gasteiger charge is 2.31. The first-order valence-electron chi connectivity index (χ1n) is 7.82. The van der Waals surface area contributed by atoms with Gasteiger partial charge in [-0.25, -0.2) is 0 Å². The minimum absolute atomic E-state index is 0.139. The van der Waals surface area contributed by atoms with Crippen LogP contribution >= 0.6 is 11.3 Å². The molecule has 1 aliphatic rings. The van der Waals surface area contributed by atoms with Gasteiger partial charge in [0.15, 0.2) is 0 Å². The quantitative estimate of drug-likeness (QED) is 0.863. The highest BCUT2D eigenvalue weighted by Crippen LogP contribution is 2.33. The van der Waals surface area contributed by atoms with Crippen molar-refractivity contribution < 1.29 is 9.53 Å². The molecule has 0 saturated carbocycles. The molecule has 5 heteroatoms. The number of hydrogen-bond donors (Lipinski definition) is 0. The van der Waals surface area contributed by atoms with Crippen LogP contribution < -0.4 is 4.74 Å². The van der Waals surface area contributed by atoms with Crippen LogP contribution in [-0.4, -0.2) is 42.5 Å². The Morgan fingerprint density at radius 2 is 2.13 bits per heavy atom. The molecule has 2 heterocycles. The fraction of sp³-hybridized carbons (Fsp3) is 0.389. The van der Waals surface area contributed by atoms with Crippen molar-refractivity contribution in [3.8, 4) is 5.75 Å². The Kier molecular flexibility index (Phi) is 4.98. The second kappa shape index (κ2) is 7.15. The normalized spacial score (nSPS) is 18.9. The molecule has 122 valence electrons. The number of para-hydroxylation sites is 1. The van der Waals surface area contributed by atoms with E-state index in [1.54, 1.807) is 25.4 Å². The molecule has 0 bridgehead atoms. The van der Waals surface area contributed by atoms with Gasteiger partial charge in [0.05, 0.1) is 13.2 Å². The maximum Gasteiger partial charge on any atom is 0.219 e. The number of carbonyl (C=O) groups excluding carboxylic acids is 1. The molecule has 0 unspecified atom stereocenters. The average molecular weight is 330 g/mol. The van der Waals surface area contributed by atoms with Crippen molar-refractivity contribution in [3.63, 3.8) is 0 Å². The van der Waals surface area contributed by atoms with Crippen LogP contribution in [0.25, 0.3) is 0 Å². The van der Waals surface area contributed by atoms with Gasteiger partial charge in [0.1, 0.15) is 5.75 Å². The van der Waals surface area contributed by atoms with E-state index in [0.29, 0.717) is 6.54 Å². The summed E-state index contributed by atoms with van der Waals surface area (Å²) in [4.78, 5) is 16.2. The van der Waals surface area contributed by atoms with E-state index in [1.807, 2.05) is 23.1 Å². The molecule has 3 rings (SSSR count). The molecule has 0 spiro atoms. The van der Waals surface area contributed by atoms with Crippen LogP contribution in [0.4, 0.5) is 0 Å². The van der Waals surface area contributed by atoms with Crippen molar-refractivity contribution in [2.24, 2.45) is 0 Å². The summed E-state index contributed by atoms with van der Waals surface area (Å²) in [5, 5.41) is 4.30. The number of ether oxygens (including phenoxy) is 1. The zero-order chi connectivity index (χ0) is 16.2. The van der Waals surface area contributed by atoms with Gasteiger partial charge in [0, 0.05) is 38.7 Å². The average Bonchev–Trinajstić information content (AvgIpc) is 3.08. The molecule has 1 aromatic heterocycles. The van der Waals surface area contributed by atoms with Gasteiger partial charge in [0.2, 0.25) is 5.91 Å². The van der Waals surface area contributed by atoms with Gasteiger partial charge in [0.25, 0.3) is 0 Å². The lowest BCUT2D eigenvalue weighted by Gasteiger charge is -2.41. The third-order valence-corrected chi connectivity index (χ3v) is 5.13. The molecule has 0 N–H and O–H groups in total. The number of thiophene rings is 1. The molecular weight excluding hydrogens is 308 g/mol. The third kappa shape index (κ3) is 3.57. The highest BCUT2D eigenvalue weighted by atomic mass is 32.1. The van der Waals surface area contributed by atoms with Gasteiger partial charge in [-0.3, -0.25) is 9.69 Å². The number of nitrogens with zero attached hydrogens (tertiary/aromatic N) is 2. The Hall–Kier alpha value is -1.85. The minimum atomic E-state index is 0.139. The van der Waals surface area contributed by atoms with Crippen molar-refractivity contribution in [2.75, 3.05) is 26.7 Å². The largest absolute Gasteiger partial charge is 0.496 e. The van der Waals surface area contributed by atoms with Crippen LogP contribution in [0.3, 0.4) is 0 Å². The third-order valence-electron chi connectivity index (χ3n) is 4.40. The number of rotatable bonds is 4. The van der Waals surface area contributed by atoms with Crippen molar-refractivity contribution in [1.82, 2.24) is 9.80 Å². The van der Waals surface area contributed by atoms with Gasteiger partial charge in [-0.1, -0.05) is 18.2 Å². The standard InChI is InChI=1S/C18H22N2O2S/c1-14(21)19-8-9-20(11-15-7-10-23-13-15)17(12-19)16-5-3-4-6-18(16)22-2/h3-7,10,13,17H,8-9,11-12H2,1-2H3/t17-/m0/s1. The van der Waals surface area contributed by atoms with Crippen molar-refractivity contribution in [1.29, 1.82) is 0 Å². The molecule has 1 amide bonds. The molecule has 2 aromatic rings. The molecule has 1 saturated heterocycles. The highest BCUT2D eigenvalue weighted by molar-refractivity contribution is 7.07. The topological polar surface area (TPSA) is 32.8 Å². The number of hydrogen-bond acceptors (Lipinski definition) is 4. The summed E-state index contributed by atoms with van der Waals surface area (Å²) < 4.78 is 5.55. The summed E-state index contributed by atoms with van der Waals surface area (Å²) in [5.74, 6) is 1.03. The molecule has 1 aromatic carbocycles. The van der Waals surface area contributed by atoms with Gasteiger partial charge < -0.3 is 9.64 Å². The molecule has 0 radical (unpaired) electrons. The first-order valence-corrected chi connectivity index (χ1v) is 8.77. The summed E-state index contributed by atoms with van der Waals surface area (Å²) in [6, 6.07) is 10.4. The second-order valence-electron chi connectivity index (χ2n) is 5.82. The van der Waals surface area contributed by atoms with Crippen LogP contribution in [0.15, 0.2) is 41.1 Å². The van der Waals surface area contributed by atoms with E-state index in [-0.39, 0.29) is 11.9 Å². The first-order chi connectivity index (χ1) is 11.2. The van der Waals surface area contributed by atoms with E-state index in [0.717, 1.165) is 30.9 Å². The SMILES string of the molecule is COc1ccccc1[C@@H]1CN(C(C)=O)CCN1Cc1ccsc1. The van der Waals surface area contributed by atoms with Gasteiger partial charge in [-0.15, -0.1) is 0 Å². The number of benzene rings is 1. The monoisotopic (exact) mass is 330 g/mol. The first kappa shape index (κ1) is 16.0. The Bertz CT molecular complexity index is 657. The minimum Gasteiger partial charge on any atom is -0.496 e. The van der Waals surface area contributed by atoms with Crippen molar-refractivity contribution in [3.05, 3.63) is 52.2 Å². The molecule has 1 atom stereocenters. The van der Waals surface area contributed by atoms with E-state index in [1.165, 1.54) is 5.56 Å². The van der Waals surface area contributed by atoms with Crippen LogP contribution in [0.5, 0.6) is 5.75 Å². The predicted octanol–water partition coefficient (Wildman–Crippen LogP) is 3.16. The van der Waals surface area contributed by atoms with Gasteiger partial charge in [-0.05, 0) is 28.5 Å². The number of carbonyl (C=O) groups is 1. The number of amides is 1. The number of piperazine rings is 1. The summed E-state index contributed by atoms with van der Waals surface area (Å²) in [7, 11) is 1.70. The fourth-order valence-electron chi connectivity index (χ4n) is 3.15. The Morgan fingerprint density at radius 3 is 2.83 bits per heavy atom. The lowest BCUT2D eigenvalue weighted by atomic mass is 10.0. The molecule has 4 nitrogen and oxygen atoms in total. The number of methoxy groups -OCH3 is 1. The zero-order valence-corrected chi connectivity index (χ0v) is 14.4. The summed E-state index contributed by atoms with van der Waals surface area (Å²) >= 11 is 1.72. The zero-order valence-electron chi connectivity index (χ0n) is 13.6. The van der Waals surface area contributed by atoms with Crippen LogP contribution in [0.1, 0.15) is 24.1 Å². The Balaban J connectivity index is 1.89. The molecular formula is C18H22N2O2S. The second-order valence-corrected chi connectivity index (χ2v) is 6.60. The summed E-state index contributed by atoms with van der Waals surface area (Å²) in [6.45, 7) is 4.91. The Labute approximate surface area is 141 Å². The maximum atomic E-state index is 11.8. The molecule has 23 heavy (non-hydrogen) atoms. The van der Waals surface area contributed by atoms with Gasteiger partial charge >= 0.3 is 0 Å². The lowest BCUT2D eigenvalue weighted by molar-refractivity contribution is -0.132. The van der Waals surface area contributed by atoms with Crippen molar-refractivity contribution in [2.45, 2.75) is 19.5 Å². The predicted molar refractivity (Wildman–Crippen MR) is 92.7 cm³/mol. The molecule has 1 fully saturated rings. The summed E-state index contributed by atoms with van der Waals surface area (Å²) in [6.07, 6.45) is 0. The van der Waals surface area contributed by atoms with Crippen LogP contribution in [0, 0.1) is 0 Å². The van der Waals surface area contributed by atoms with Crippen LogP contribution in [-0.2, 0) is 11.3 Å². The van der Waals surface area contributed by atoms with Crippen LogP contribution in [0.2, 0.25) is 0 Å². The molecule has 0 aliphatic carbocycles.